The third-order valence-electron chi connectivity index (χ3n) is 5.96. The Kier molecular flexibility index (Phi) is 6.33. The lowest BCUT2D eigenvalue weighted by molar-refractivity contribution is -0.156. The molecule has 4 rings (SSSR count). The van der Waals surface area contributed by atoms with Gasteiger partial charge in [-0.1, -0.05) is 0 Å². The molecule has 0 saturated heterocycles. The largest absolute Gasteiger partial charge is 0.481 e. The number of nitrogens with zero attached hydrogens (tertiary/aromatic N) is 2. The number of ether oxygens (including phenoxy) is 1. The lowest BCUT2D eigenvalue weighted by atomic mass is 9.58. The van der Waals surface area contributed by atoms with E-state index in [4.69, 9.17) is 4.74 Å². The highest BCUT2D eigenvalue weighted by molar-refractivity contribution is 6.03. The van der Waals surface area contributed by atoms with Gasteiger partial charge in [-0.25, -0.2) is 0 Å². The van der Waals surface area contributed by atoms with Gasteiger partial charge in [-0.2, -0.15) is 5.10 Å². The lowest BCUT2D eigenvalue weighted by Crippen LogP contribution is -2.49. The molecule has 0 spiro atoms. The zero-order chi connectivity index (χ0) is 20.3. The summed E-state index contributed by atoms with van der Waals surface area (Å²) in [4.78, 5) is 37.3. The van der Waals surface area contributed by atoms with Crippen LogP contribution in [-0.4, -0.2) is 52.9 Å². The molecule has 3 N–H and O–H groups in total. The number of fused-ring (bicyclic) bond motifs is 3. The molecule has 1 heterocycles. The Balaban J connectivity index is 1.78. The predicted octanol–water partition coefficient (Wildman–Crippen LogP) is 1.35. The number of amides is 2. The lowest BCUT2D eigenvalue weighted by Gasteiger charge is -2.45. The molecule has 154 valence electrons. The van der Waals surface area contributed by atoms with Crippen molar-refractivity contribution in [3.8, 4) is 0 Å². The first-order chi connectivity index (χ1) is 13.5. The van der Waals surface area contributed by atoms with Gasteiger partial charge in [0.2, 0.25) is 5.91 Å². The van der Waals surface area contributed by atoms with Gasteiger partial charge in [-0.3, -0.25) is 19.1 Å². The second-order valence-electron chi connectivity index (χ2n) is 7.55. The molecular weight excluding hydrogens is 364 g/mol. The van der Waals surface area contributed by atoms with E-state index >= 15 is 0 Å². The molecule has 3 aliphatic rings. The Hall–Kier alpha value is -2.42. The van der Waals surface area contributed by atoms with E-state index < -0.39 is 23.7 Å². The summed E-state index contributed by atoms with van der Waals surface area (Å²) in [5.41, 5.74) is 0.437. The third-order valence-corrected chi connectivity index (χ3v) is 5.96. The number of aromatic nitrogens is 2. The fraction of sp³-hybridized carbons (Fsp3) is 0.684. The maximum absolute atomic E-state index is 13.0. The fourth-order valence-corrected chi connectivity index (χ4v) is 4.59. The van der Waals surface area contributed by atoms with Crippen molar-refractivity contribution in [3.05, 3.63) is 11.9 Å². The number of hydrogen-bond donors (Lipinski definition) is 3. The maximum Gasteiger partial charge on any atom is 0.307 e. The molecule has 0 radical (unpaired) electrons. The van der Waals surface area contributed by atoms with E-state index in [1.165, 1.54) is 0 Å². The Bertz CT molecular complexity index is 739. The number of carboxylic acids is 1. The fourth-order valence-electron chi connectivity index (χ4n) is 4.59. The van der Waals surface area contributed by atoms with E-state index in [2.05, 4.69) is 15.7 Å². The second kappa shape index (κ2) is 8.72. The first kappa shape index (κ1) is 20.3. The summed E-state index contributed by atoms with van der Waals surface area (Å²) >= 11 is 0. The topological polar surface area (TPSA) is 123 Å². The van der Waals surface area contributed by atoms with Gasteiger partial charge in [0.25, 0.3) is 5.91 Å². The third kappa shape index (κ3) is 4.04. The SMILES string of the molecule is CCn1cc(NC(=O)[C@H]2C3CCC(CC3)[C@H]2C(=O)O)c(C(=O)NCCOC)n1. The molecule has 1 aromatic rings. The molecule has 3 aliphatic carbocycles. The number of carbonyl (C=O) groups is 3. The molecule has 3 fully saturated rings. The van der Waals surface area contributed by atoms with Crippen LogP contribution in [0.5, 0.6) is 0 Å². The minimum Gasteiger partial charge on any atom is -0.481 e. The van der Waals surface area contributed by atoms with Crippen molar-refractivity contribution in [2.45, 2.75) is 39.2 Å². The molecule has 0 aliphatic heterocycles. The van der Waals surface area contributed by atoms with Gasteiger partial charge in [-0.05, 0) is 44.4 Å². The van der Waals surface area contributed by atoms with Crippen molar-refractivity contribution >= 4 is 23.5 Å². The molecule has 9 nitrogen and oxygen atoms in total. The monoisotopic (exact) mass is 392 g/mol. The number of hydrogen-bond acceptors (Lipinski definition) is 5. The van der Waals surface area contributed by atoms with Crippen molar-refractivity contribution in [3.63, 3.8) is 0 Å². The van der Waals surface area contributed by atoms with E-state index in [9.17, 15) is 19.5 Å². The van der Waals surface area contributed by atoms with Crippen LogP contribution in [0.2, 0.25) is 0 Å². The van der Waals surface area contributed by atoms with Gasteiger partial charge < -0.3 is 20.5 Å². The van der Waals surface area contributed by atoms with Crippen LogP contribution in [0.25, 0.3) is 0 Å². The van der Waals surface area contributed by atoms with Crippen LogP contribution in [0, 0.1) is 23.7 Å². The molecule has 1 aromatic heterocycles. The highest BCUT2D eigenvalue weighted by atomic mass is 16.5. The van der Waals surface area contributed by atoms with Crippen LogP contribution in [0.3, 0.4) is 0 Å². The Labute approximate surface area is 163 Å². The first-order valence-electron chi connectivity index (χ1n) is 9.84. The molecule has 2 amide bonds. The van der Waals surface area contributed by atoms with Gasteiger partial charge >= 0.3 is 5.97 Å². The zero-order valence-corrected chi connectivity index (χ0v) is 16.3. The molecule has 0 aromatic carbocycles. The van der Waals surface area contributed by atoms with Gasteiger partial charge in [-0.15, -0.1) is 0 Å². The molecule has 3 saturated carbocycles. The molecule has 2 atom stereocenters. The normalized spacial score (nSPS) is 26.1. The standard InChI is InChI=1S/C19H28N4O5/c1-3-23-10-13(16(22-23)18(25)20-8-9-28-2)21-17(24)14-11-4-6-12(7-5-11)15(14)19(26)27/h10-12,14-15H,3-9H2,1-2H3,(H,20,25)(H,21,24)(H,26,27)/t11?,12?,14-,15+/m0/s1. The van der Waals surface area contributed by atoms with E-state index in [1.54, 1.807) is 18.0 Å². The van der Waals surface area contributed by atoms with Crippen LogP contribution in [0.15, 0.2) is 6.20 Å². The van der Waals surface area contributed by atoms with Gasteiger partial charge in [0, 0.05) is 26.4 Å². The smallest absolute Gasteiger partial charge is 0.307 e. The molecule has 2 bridgehead atoms. The number of methoxy groups -OCH3 is 1. The molecule has 9 heteroatoms. The van der Waals surface area contributed by atoms with Crippen molar-refractivity contribution < 1.29 is 24.2 Å². The van der Waals surface area contributed by atoms with E-state index in [-0.39, 0.29) is 23.4 Å². The summed E-state index contributed by atoms with van der Waals surface area (Å²) in [6, 6.07) is 0. The highest BCUT2D eigenvalue weighted by Gasteiger charge is 2.50. The van der Waals surface area contributed by atoms with E-state index in [0.717, 1.165) is 25.7 Å². The van der Waals surface area contributed by atoms with Gasteiger partial charge in [0.15, 0.2) is 5.69 Å². The minimum atomic E-state index is -0.906. The number of aliphatic carboxylic acids is 1. The van der Waals surface area contributed by atoms with Crippen molar-refractivity contribution in [1.29, 1.82) is 0 Å². The molecule has 28 heavy (non-hydrogen) atoms. The Morgan fingerprint density at radius 1 is 1.21 bits per heavy atom. The number of carboxylic acid groups (broad SMARTS) is 1. The average Bonchev–Trinajstić information content (AvgIpc) is 3.11. The number of anilines is 1. The summed E-state index contributed by atoms with van der Waals surface area (Å²) in [5.74, 6) is -2.74. The highest BCUT2D eigenvalue weighted by Crippen LogP contribution is 2.49. The second-order valence-corrected chi connectivity index (χ2v) is 7.55. The quantitative estimate of drug-likeness (QED) is 0.574. The maximum atomic E-state index is 13.0. The summed E-state index contributed by atoms with van der Waals surface area (Å²) < 4.78 is 6.50. The minimum absolute atomic E-state index is 0.0495. The summed E-state index contributed by atoms with van der Waals surface area (Å²) in [5, 5.41) is 19.4. The van der Waals surface area contributed by atoms with Crippen molar-refractivity contribution in [2.24, 2.45) is 23.7 Å². The van der Waals surface area contributed by atoms with E-state index in [1.807, 2.05) is 6.92 Å². The van der Waals surface area contributed by atoms with Crippen molar-refractivity contribution in [2.75, 3.05) is 25.6 Å². The predicted molar refractivity (Wildman–Crippen MR) is 101 cm³/mol. The Morgan fingerprint density at radius 3 is 2.43 bits per heavy atom. The van der Waals surface area contributed by atoms with Crippen LogP contribution in [-0.2, 0) is 20.9 Å². The number of aryl methyl sites for hydroxylation is 1. The van der Waals surface area contributed by atoms with Crippen LogP contribution in [0.4, 0.5) is 5.69 Å². The van der Waals surface area contributed by atoms with Gasteiger partial charge in [0.05, 0.1) is 24.1 Å². The summed E-state index contributed by atoms with van der Waals surface area (Å²) in [6.45, 7) is 3.12. The average molecular weight is 392 g/mol. The van der Waals surface area contributed by atoms with Crippen LogP contribution in [0.1, 0.15) is 43.1 Å². The van der Waals surface area contributed by atoms with E-state index in [0.29, 0.717) is 25.4 Å². The van der Waals surface area contributed by atoms with Crippen LogP contribution >= 0.6 is 0 Å². The number of nitrogens with one attached hydrogen (secondary N) is 2. The molecule has 0 unspecified atom stereocenters. The van der Waals surface area contributed by atoms with Crippen LogP contribution < -0.4 is 10.6 Å². The van der Waals surface area contributed by atoms with Gasteiger partial charge in [0.1, 0.15) is 0 Å². The Morgan fingerprint density at radius 2 is 1.86 bits per heavy atom. The number of rotatable bonds is 8. The summed E-state index contributed by atoms with van der Waals surface area (Å²) in [7, 11) is 1.54. The zero-order valence-electron chi connectivity index (χ0n) is 16.3. The summed E-state index contributed by atoms with van der Waals surface area (Å²) in [6.07, 6.45) is 5.11. The number of carbonyl (C=O) groups excluding carboxylic acids is 2. The molecular formula is C19H28N4O5. The first-order valence-corrected chi connectivity index (χ1v) is 9.84. The van der Waals surface area contributed by atoms with Crippen molar-refractivity contribution in [1.82, 2.24) is 15.1 Å².